The lowest BCUT2D eigenvalue weighted by atomic mass is 10.1. The normalized spacial score (nSPS) is 11.1. The predicted molar refractivity (Wildman–Crippen MR) is 138 cm³/mol. The molecule has 10 heteroatoms. The van der Waals surface area contributed by atoms with Crippen LogP contribution in [0.2, 0.25) is 5.02 Å². The third-order valence-electron chi connectivity index (χ3n) is 5.76. The Kier molecular flexibility index (Phi) is 6.78. The summed E-state index contributed by atoms with van der Waals surface area (Å²) in [4.78, 5) is 34.9. The van der Waals surface area contributed by atoms with Crippen LogP contribution in [0.4, 0.5) is 4.39 Å². The number of hydrogen-bond donors (Lipinski definition) is 1. The van der Waals surface area contributed by atoms with Gasteiger partial charge in [-0.25, -0.2) is 9.37 Å². The number of carbonyl (C=O) groups is 1. The van der Waals surface area contributed by atoms with Crippen LogP contribution in [0, 0.1) is 12.7 Å². The Morgan fingerprint density at radius 2 is 1.92 bits per heavy atom. The maximum Gasteiger partial charge on any atom is 0.263 e. The van der Waals surface area contributed by atoms with Crippen LogP contribution in [0.5, 0.6) is 0 Å². The summed E-state index contributed by atoms with van der Waals surface area (Å²) in [6, 6.07) is 16.5. The molecular formula is C27H21ClFN5O3. The van der Waals surface area contributed by atoms with E-state index in [0.29, 0.717) is 40.3 Å². The first-order valence-corrected chi connectivity index (χ1v) is 11.9. The van der Waals surface area contributed by atoms with Gasteiger partial charge in [0.1, 0.15) is 23.6 Å². The van der Waals surface area contributed by atoms with Crippen LogP contribution in [0.15, 0.2) is 76.2 Å². The number of halogens is 2. The van der Waals surface area contributed by atoms with E-state index in [1.54, 1.807) is 41.8 Å². The number of nitrogens with one attached hydrogen (secondary N) is 1. The Balaban J connectivity index is 1.43. The maximum absolute atomic E-state index is 13.6. The standard InChI is InChI=1S/C27H21ClFN5O3/c1-16-5-10-21-24(36)22(27-32-25(33-37-27)18-3-2-4-20(29)13-18)14-34(26(21)31-16)15-23(35)30-12-11-17-6-8-19(28)9-7-17/h2-10,13-14H,11-12,15H2,1H3,(H,30,35). The lowest BCUT2D eigenvalue weighted by molar-refractivity contribution is -0.121. The van der Waals surface area contributed by atoms with Gasteiger partial charge in [-0.1, -0.05) is 41.0 Å². The highest BCUT2D eigenvalue weighted by Gasteiger charge is 2.19. The summed E-state index contributed by atoms with van der Waals surface area (Å²) in [5, 5.41) is 7.75. The van der Waals surface area contributed by atoms with Crippen LogP contribution in [-0.2, 0) is 17.8 Å². The molecule has 186 valence electrons. The van der Waals surface area contributed by atoms with Gasteiger partial charge in [0.25, 0.3) is 5.89 Å². The van der Waals surface area contributed by atoms with Crippen molar-refractivity contribution in [1.82, 2.24) is 25.0 Å². The monoisotopic (exact) mass is 517 g/mol. The predicted octanol–water partition coefficient (Wildman–Crippen LogP) is 4.57. The summed E-state index contributed by atoms with van der Waals surface area (Å²) in [6.45, 7) is 2.15. The number of aromatic nitrogens is 4. The zero-order valence-corrected chi connectivity index (χ0v) is 20.5. The van der Waals surface area contributed by atoms with Gasteiger partial charge in [0, 0.05) is 29.0 Å². The molecule has 0 aliphatic rings. The minimum atomic E-state index is -0.444. The number of rotatable bonds is 7. The van der Waals surface area contributed by atoms with Crippen molar-refractivity contribution < 1.29 is 13.7 Å². The number of pyridine rings is 2. The molecule has 0 bridgehead atoms. The summed E-state index contributed by atoms with van der Waals surface area (Å²) in [5.74, 6) is -0.592. The summed E-state index contributed by atoms with van der Waals surface area (Å²) < 4.78 is 20.6. The SMILES string of the molecule is Cc1ccc2c(=O)c(-c3nc(-c4cccc(F)c4)no3)cn(CC(=O)NCCc3ccc(Cl)cc3)c2n1. The van der Waals surface area contributed by atoms with Gasteiger partial charge >= 0.3 is 0 Å². The summed E-state index contributed by atoms with van der Waals surface area (Å²) in [6.07, 6.45) is 2.13. The molecule has 1 amide bonds. The smallest absolute Gasteiger partial charge is 0.263 e. The second-order valence-corrected chi connectivity index (χ2v) is 8.92. The molecule has 5 aromatic rings. The van der Waals surface area contributed by atoms with Gasteiger partial charge in [0.15, 0.2) is 0 Å². The lowest BCUT2D eigenvalue weighted by Gasteiger charge is -2.12. The first kappa shape index (κ1) is 24.3. The van der Waals surface area contributed by atoms with E-state index < -0.39 is 5.82 Å². The van der Waals surface area contributed by atoms with Crippen LogP contribution in [0.25, 0.3) is 33.9 Å². The molecule has 0 fully saturated rings. The lowest BCUT2D eigenvalue weighted by Crippen LogP contribution is -2.30. The molecule has 0 unspecified atom stereocenters. The highest BCUT2D eigenvalue weighted by Crippen LogP contribution is 2.23. The van der Waals surface area contributed by atoms with Gasteiger partial charge < -0.3 is 14.4 Å². The number of aryl methyl sites for hydroxylation is 1. The zero-order valence-electron chi connectivity index (χ0n) is 19.7. The number of amides is 1. The van der Waals surface area contributed by atoms with E-state index in [0.717, 1.165) is 5.56 Å². The van der Waals surface area contributed by atoms with E-state index in [1.165, 1.54) is 24.4 Å². The highest BCUT2D eigenvalue weighted by molar-refractivity contribution is 6.30. The largest absolute Gasteiger partial charge is 0.354 e. The van der Waals surface area contributed by atoms with Crippen LogP contribution in [0.1, 0.15) is 11.3 Å². The van der Waals surface area contributed by atoms with E-state index in [2.05, 4.69) is 20.4 Å². The molecule has 8 nitrogen and oxygen atoms in total. The number of carbonyl (C=O) groups excluding carboxylic acids is 1. The third-order valence-corrected chi connectivity index (χ3v) is 6.01. The molecule has 0 aliphatic carbocycles. The molecule has 3 aromatic heterocycles. The van der Waals surface area contributed by atoms with Crippen LogP contribution >= 0.6 is 11.6 Å². The molecule has 5 rings (SSSR count). The van der Waals surface area contributed by atoms with E-state index in [1.807, 2.05) is 12.1 Å². The Hall–Kier alpha value is -4.37. The second kappa shape index (κ2) is 10.3. The Bertz CT molecular complexity index is 1660. The van der Waals surface area contributed by atoms with E-state index in [-0.39, 0.29) is 35.2 Å². The minimum absolute atomic E-state index is 0.0383. The fourth-order valence-corrected chi connectivity index (χ4v) is 4.04. The molecule has 0 spiro atoms. The average Bonchev–Trinajstić information content (AvgIpc) is 3.37. The van der Waals surface area contributed by atoms with E-state index in [9.17, 15) is 14.0 Å². The van der Waals surface area contributed by atoms with Crippen molar-refractivity contribution in [2.24, 2.45) is 0 Å². The van der Waals surface area contributed by atoms with Crippen LogP contribution in [0.3, 0.4) is 0 Å². The fourth-order valence-electron chi connectivity index (χ4n) is 3.92. The molecule has 0 aliphatic heterocycles. The first-order chi connectivity index (χ1) is 17.9. The number of fused-ring (bicyclic) bond motifs is 1. The Morgan fingerprint density at radius 3 is 2.70 bits per heavy atom. The molecule has 0 atom stereocenters. The van der Waals surface area contributed by atoms with Crippen molar-refractivity contribution in [3.8, 4) is 22.8 Å². The molecule has 1 N–H and O–H groups in total. The Morgan fingerprint density at radius 1 is 1.11 bits per heavy atom. The minimum Gasteiger partial charge on any atom is -0.354 e. The third kappa shape index (κ3) is 5.41. The zero-order chi connectivity index (χ0) is 25.9. The number of hydrogen-bond acceptors (Lipinski definition) is 6. The molecule has 3 heterocycles. The highest BCUT2D eigenvalue weighted by atomic mass is 35.5. The van der Waals surface area contributed by atoms with E-state index >= 15 is 0 Å². The summed E-state index contributed by atoms with van der Waals surface area (Å²) in [7, 11) is 0. The van der Waals surface area contributed by atoms with Crippen molar-refractivity contribution in [3.05, 3.63) is 99.2 Å². The summed E-state index contributed by atoms with van der Waals surface area (Å²) >= 11 is 5.92. The van der Waals surface area contributed by atoms with Gasteiger partial charge in [-0.05, 0) is 55.3 Å². The van der Waals surface area contributed by atoms with Crippen molar-refractivity contribution in [1.29, 1.82) is 0 Å². The maximum atomic E-state index is 13.6. The molecule has 0 saturated carbocycles. The summed E-state index contributed by atoms with van der Waals surface area (Å²) in [5.41, 5.74) is 2.27. The van der Waals surface area contributed by atoms with Crippen LogP contribution < -0.4 is 10.7 Å². The van der Waals surface area contributed by atoms with Gasteiger partial charge in [-0.15, -0.1) is 0 Å². The topological polar surface area (TPSA) is 103 Å². The molecular weight excluding hydrogens is 497 g/mol. The van der Waals surface area contributed by atoms with Gasteiger partial charge in [-0.3, -0.25) is 9.59 Å². The number of benzene rings is 2. The van der Waals surface area contributed by atoms with Gasteiger partial charge in [-0.2, -0.15) is 4.98 Å². The molecule has 37 heavy (non-hydrogen) atoms. The average molecular weight is 518 g/mol. The second-order valence-electron chi connectivity index (χ2n) is 8.48. The first-order valence-electron chi connectivity index (χ1n) is 11.5. The van der Waals surface area contributed by atoms with Crippen molar-refractivity contribution >= 4 is 28.5 Å². The van der Waals surface area contributed by atoms with E-state index in [4.69, 9.17) is 16.1 Å². The molecule has 0 saturated heterocycles. The Labute approximate surface area is 215 Å². The van der Waals surface area contributed by atoms with Crippen molar-refractivity contribution in [3.63, 3.8) is 0 Å². The van der Waals surface area contributed by atoms with Crippen LogP contribution in [-0.4, -0.2) is 32.1 Å². The van der Waals surface area contributed by atoms with Gasteiger partial charge in [0.05, 0.1) is 5.39 Å². The quantitative estimate of drug-likeness (QED) is 0.339. The fraction of sp³-hybridized carbons (Fsp3) is 0.148. The molecule has 2 aromatic carbocycles. The van der Waals surface area contributed by atoms with Gasteiger partial charge in [0.2, 0.25) is 17.2 Å². The van der Waals surface area contributed by atoms with Crippen molar-refractivity contribution in [2.45, 2.75) is 19.9 Å². The van der Waals surface area contributed by atoms with Crippen molar-refractivity contribution in [2.75, 3.05) is 6.54 Å². The molecule has 0 radical (unpaired) electrons. The number of nitrogens with zero attached hydrogens (tertiary/aromatic N) is 4.